The monoisotopic (exact) mass is 414 g/mol. The predicted molar refractivity (Wildman–Crippen MR) is 109 cm³/mol. The molecule has 0 bridgehead atoms. The molecule has 0 radical (unpaired) electrons. The molecule has 0 aliphatic carbocycles. The van der Waals surface area contributed by atoms with Crippen LogP contribution < -0.4 is 9.64 Å². The van der Waals surface area contributed by atoms with Gasteiger partial charge in [0.2, 0.25) is 15.9 Å². The summed E-state index contributed by atoms with van der Waals surface area (Å²) in [5.74, 6) is -0.502. The van der Waals surface area contributed by atoms with Crippen LogP contribution in [0.5, 0.6) is 5.75 Å². The van der Waals surface area contributed by atoms with Gasteiger partial charge in [0.05, 0.1) is 24.1 Å². The van der Waals surface area contributed by atoms with Crippen LogP contribution in [0.3, 0.4) is 0 Å². The van der Waals surface area contributed by atoms with Gasteiger partial charge in [-0.2, -0.15) is 4.31 Å². The zero-order chi connectivity index (χ0) is 21.2. The lowest BCUT2D eigenvalue weighted by Crippen LogP contribution is -2.45. The normalized spacial score (nSPS) is 17.1. The molecule has 152 valence electrons. The molecule has 1 aliphatic heterocycles. The average Bonchev–Trinajstić information content (AvgIpc) is 3.00. The highest BCUT2D eigenvalue weighted by Crippen LogP contribution is 2.30. The highest BCUT2D eigenvalue weighted by Gasteiger charge is 2.46. The number of methoxy groups -OCH3 is 1. The standard InChI is InChI=1S/C21H22N2O5S/c1-4-13-22(29(26,27)18-11-9-17(28-3)10-12-18)19-14-20(24)23(21(19)25)16-7-5-15(2)6-8-16/h4-12,19H,1,13-14H2,2-3H3. The van der Waals surface area contributed by atoms with Crippen molar-refractivity contribution in [3.63, 3.8) is 0 Å². The van der Waals surface area contributed by atoms with Gasteiger partial charge in [0.25, 0.3) is 5.91 Å². The number of sulfonamides is 1. The van der Waals surface area contributed by atoms with Crippen molar-refractivity contribution in [2.75, 3.05) is 18.6 Å². The van der Waals surface area contributed by atoms with E-state index < -0.39 is 27.9 Å². The number of carbonyl (C=O) groups is 2. The number of aryl methyl sites for hydroxylation is 1. The molecule has 0 saturated carbocycles. The average molecular weight is 414 g/mol. The van der Waals surface area contributed by atoms with E-state index in [-0.39, 0.29) is 17.9 Å². The molecule has 1 saturated heterocycles. The number of amides is 2. The summed E-state index contributed by atoms with van der Waals surface area (Å²) < 4.78 is 32.5. The highest BCUT2D eigenvalue weighted by atomic mass is 32.2. The lowest BCUT2D eigenvalue weighted by Gasteiger charge is -2.25. The molecule has 3 rings (SSSR count). The number of rotatable bonds is 7. The van der Waals surface area contributed by atoms with E-state index in [0.29, 0.717) is 11.4 Å². The summed E-state index contributed by atoms with van der Waals surface area (Å²) in [6, 6.07) is 11.7. The number of benzene rings is 2. The van der Waals surface area contributed by atoms with E-state index in [0.717, 1.165) is 14.8 Å². The van der Waals surface area contributed by atoms with Crippen LogP contribution in [0.1, 0.15) is 12.0 Å². The molecular formula is C21H22N2O5S. The third kappa shape index (κ3) is 3.94. The maximum absolute atomic E-state index is 13.2. The van der Waals surface area contributed by atoms with Crippen LogP contribution in [0, 0.1) is 6.92 Å². The van der Waals surface area contributed by atoms with Gasteiger partial charge < -0.3 is 4.74 Å². The smallest absolute Gasteiger partial charge is 0.252 e. The molecule has 0 N–H and O–H groups in total. The molecule has 2 aromatic rings. The van der Waals surface area contributed by atoms with Crippen molar-refractivity contribution in [1.29, 1.82) is 0 Å². The molecular weight excluding hydrogens is 392 g/mol. The van der Waals surface area contributed by atoms with Gasteiger partial charge >= 0.3 is 0 Å². The van der Waals surface area contributed by atoms with Gasteiger partial charge in [0.15, 0.2) is 0 Å². The molecule has 8 heteroatoms. The lowest BCUT2D eigenvalue weighted by atomic mass is 10.2. The van der Waals surface area contributed by atoms with E-state index in [9.17, 15) is 18.0 Å². The zero-order valence-electron chi connectivity index (χ0n) is 16.2. The lowest BCUT2D eigenvalue weighted by molar-refractivity contribution is -0.122. The fraction of sp³-hybridized carbons (Fsp3) is 0.238. The number of carbonyl (C=O) groups excluding carboxylic acids is 2. The molecule has 1 unspecified atom stereocenters. The fourth-order valence-electron chi connectivity index (χ4n) is 3.21. The van der Waals surface area contributed by atoms with Gasteiger partial charge in [-0.15, -0.1) is 6.58 Å². The summed E-state index contributed by atoms with van der Waals surface area (Å²) in [7, 11) is -2.55. The Balaban J connectivity index is 1.96. The molecule has 1 fully saturated rings. The molecule has 7 nitrogen and oxygen atoms in total. The second-order valence-corrected chi connectivity index (χ2v) is 8.55. The van der Waals surface area contributed by atoms with Crippen molar-refractivity contribution in [2.45, 2.75) is 24.3 Å². The first-order valence-corrected chi connectivity index (χ1v) is 10.4. The number of nitrogens with zero attached hydrogens (tertiary/aromatic N) is 2. The molecule has 0 aromatic heterocycles. The molecule has 2 aromatic carbocycles. The first kappa shape index (κ1) is 20.8. The number of anilines is 1. The Morgan fingerprint density at radius 3 is 2.31 bits per heavy atom. The van der Waals surface area contributed by atoms with Crippen LogP contribution in [0.15, 0.2) is 66.1 Å². The quantitative estimate of drug-likeness (QED) is 0.513. The summed E-state index contributed by atoms with van der Waals surface area (Å²) in [5, 5.41) is 0. The predicted octanol–water partition coefficient (Wildman–Crippen LogP) is 2.51. The van der Waals surface area contributed by atoms with Crippen molar-refractivity contribution in [3.8, 4) is 5.75 Å². The summed E-state index contributed by atoms with van der Waals surface area (Å²) >= 11 is 0. The molecule has 1 aliphatic rings. The van der Waals surface area contributed by atoms with Gasteiger partial charge in [-0.1, -0.05) is 23.8 Å². The van der Waals surface area contributed by atoms with Crippen molar-refractivity contribution < 1.29 is 22.7 Å². The van der Waals surface area contributed by atoms with Crippen LogP contribution in [-0.4, -0.2) is 44.2 Å². The summed E-state index contributed by atoms with van der Waals surface area (Å²) in [5.41, 5.74) is 1.41. The number of ether oxygens (including phenoxy) is 1. The van der Waals surface area contributed by atoms with Crippen molar-refractivity contribution >= 4 is 27.5 Å². The van der Waals surface area contributed by atoms with E-state index in [2.05, 4.69) is 6.58 Å². The minimum Gasteiger partial charge on any atom is -0.497 e. The van der Waals surface area contributed by atoms with Crippen molar-refractivity contribution in [2.24, 2.45) is 0 Å². The molecule has 29 heavy (non-hydrogen) atoms. The molecule has 2 amide bonds. The van der Waals surface area contributed by atoms with Gasteiger partial charge in [-0.25, -0.2) is 13.3 Å². The summed E-state index contributed by atoms with van der Waals surface area (Å²) in [6.07, 6.45) is 1.17. The topological polar surface area (TPSA) is 84.0 Å². The third-order valence-electron chi connectivity index (χ3n) is 4.74. The Hall–Kier alpha value is -2.97. The van der Waals surface area contributed by atoms with Crippen LogP contribution >= 0.6 is 0 Å². The van der Waals surface area contributed by atoms with Gasteiger partial charge in [-0.05, 0) is 43.3 Å². The van der Waals surface area contributed by atoms with Gasteiger partial charge in [-0.3, -0.25) is 9.59 Å². The van der Waals surface area contributed by atoms with Crippen LogP contribution in [-0.2, 0) is 19.6 Å². The Kier molecular flexibility index (Phi) is 5.86. The van der Waals surface area contributed by atoms with E-state index in [1.165, 1.54) is 37.5 Å². The maximum Gasteiger partial charge on any atom is 0.252 e. The highest BCUT2D eigenvalue weighted by molar-refractivity contribution is 7.89. The number of imide groups is 1. The molecule has 0 spiro atoms. The van der Waals surface area contributed by atoms with Crippen LogP contribution in [0.4, 0.5) is 5.69 Å². The third-order valence-corrected chi connectivity index (χ3v) is 6.63. The second-order valence-electron chi connectivity index (χ2n) is 6.66. The van der Waals surface area contributed by atoms with E-state index in [1.54, 1.807) is 24.3 Å². The Labute approximate surface area is 170 Å². The minimum absolute atomic E-state index is 0.00850. The Bertz CT molecular complexity index is 1030. The summed E-state index contributed by atoms with van der Waals surface area (Å²) in [4.78, 5) is 26.7. The van der Waals surface area contributed by atoms with Crippen molar-refractivity contribution in [3.05, 3.63) is 66.7 Å². The van der Waals surface area contributed by atoms with Crippen molar-refractivity contribution in [1.82, 2.24) is 4.31 Å². The Morgan fingerprint density at radius 1 is 1.14 bits per heavy atom. The van der Waals surface area contributed by atoms with Crippen LogP contribution in [0.25, 0.3) is 0 Å². The minimum atomic E-state index is -4.03. The SMILES string of the molecule is C=CCN(C1CC(=O)N(c2ccc(C)cc2)C1=O)S(=O)(=O)c1ccc(OC)cc1. The Morgan fingerprint density at radius 2 is 1.76 bits per heavy atom. The van der Waals surface area contributed by atoms with E-state index >= 15 is 0 Å². The van der Waals surface area contributed by atoms with Gasteiger partial charge in [0, 0.05) is 6.54 Å². The van der Waals surface area contributed by atoms with Gasteiger partial charge in [0.1, 0.15) is 11.8 Å². The largest absolute Gasteiger partial charge is 0.497 e. The maximum atomic E-state index is 13.2. The first-order chi connectivity index (χ1) is 13.8. The van der Waals surface area contributed by atoms with E-state index in [4.69, 9.17) is 4.74 Å². The van der Waals surface area contributed by atoms with E-state index in [1.807, 2.05) is 6.92 Å². The zero-order valence-corrected chi connectivity index (χ0v) is 17.1. The molecule has 1 atom stereocenters. The second kappa shape index (κ2) is 8.18. The first-order valence-electron chi connectivity index (χ1n) is 9.00. The summed E-state index contributed by atoms with van der Waals surface area (Å²) in [6.45, 7) is 5.40. The molecule has 1 heterocycles. The fourth-order valence-corrected chi connectivity index (χ4v) is 4.76. The number of hydrogen-bond donors (Lipinski definition) is 0. The van der Waals surface area contributed by atoms with Crippen LogP contribution in [0.2, 0.25) is 0 Å². The number of hydrogen-bond acceptors (Lipinski definition) is 5.